The zero-order valence-electron chi connectivity index (χ0n) is 17.7. The maximum atomic E-state index is 12.7. The van der Waals surface area contributed by atoms with Gasteiger partial charge in [-0.05, 0) is 44.4 Å². The number of hydrogen-bond acceptors (Lipinski definition) is 7. The van der Waals surface area contributed by atoms with Crippen LogP contribution in [0.1, 0.15) is 55.5 Å². The molecule has 1 aromatic heterocycles. The number of anilines is 1. The van der Waals surface area contributed by atoms with Gasteiger partial charge in [0.1, 0.15) is 5.01 Å². The second-order valence-corrected chi connectivity index (χ2v) is 9.20. The van der Waals surface area contributed by atoms with E-state index in [1.54, 1.807) is 26.0 Å². The fourth-order valence-electron chi connectivity index (χ4n) is 3.58. The lowest BCUT2D eigenvalue weighted by Crippen LogP contribution is -2.34. The molecule has 32 heavy (non-hydrogen) atoms. The van der Waals surface area contributed by atoms with Crippen molar-refractivity contribution in [3.63, 3.8) is 0 Å². The number of halogens is 2. The molecule has 1 N–H and O–H groups in total. The number of ether oxygens (including phenoxy) is 2. The molecule has 2 aliphatic rings. The number of nitrogens with zero attached hydrogens (tertiary/aromatic N) is 3. The average Bonchev–Trinajstić information content (AvgIpc) is 3.36. The number of likely N-dealkylation sites (tertiary alicyclic amines) is 1. The van der Waals surface area contributed by atoms with E-state index in [0.29, 0.717) is 17.6 Å². The summed E-state index contributed by atoms with van der Waals surface area (Å²) < 4.78 is 35.5. The van der Waals surface area contributed by atoms with Gasteiger partial charge < -0.3 is 14.4 Å². The first kappa shape index (κ1) is 22.4. The summed E-state index contributed by atoms with van der Waals surface area (Å²) in [5, 5.41) is 12.1. The van der Waals surface area contributed by atoms with E-state index in [1.165, 1.54) is 22.3 Å². The molecule has 11 heteroatoms. The van der Waals surface area contributed by atoms with Crippen molar-refractivity contribution in [2.75, 3.05) is 18.4 Å². The first-order chi connectivity index (χ1) is 15.3. The second kappa shape index (κ2) is 9.35. The van der Waals surface area contributed by atoms with Crippen molar-refractivity contribution < 1.29 is 27.8 Å². The van der Waals surface area contributed by atoms with Crippen LogP contribution in [0.4, 0.5) is 13.9 Å². The Balaban J connectivity index is 1.39. The molecule has 8 nitrogen and oxygen atoms in total. The SMILES string of the molecule is CC(C)Oc1cc(C2CC(=O)N(CC(=O)Nc3nnc(C4CC4)s3)C2)ccc1OC(F)F. The van der Waals surface area contributed by atoms with Gasteiger partial charge in [-0.25, -0.2) is 0 Å². The van der Waals surface area contributed by atoms with Crippen molar-refractivity contribution in [2.24, 2.45) is 0 Å². The molecular weight excluding hydrogens is 442 g/mol. The van der Waals surface area contributed by atoms with Crippen molar-refractivity contribution in [3.8, 4) is 11.5 Å². The molecule has 1 aromatic carbocycles. The van der Waals surface area contributed by atoms with E-state index < -0.39 is 6.61 Å². The molecule has 0 radical (unpaired) electrons. The average molecular weight is 467 g/mol. The smallest absolute Gasteiger partial charge is 0.387 e. The summed E-state index contributed by atoms with van der Waals surface area (Å²) in [6.45, 7) is 0.848. The lowest BCUT2D eigenvalue weighted by molar-refractivity contribution is -0.131. The Hall–Kier alpha value is -2.82. The molecule has 1 saturated carbocycles. The van der Waals surface area contributed by atoms with Crippen LogP contribution in [0.25, 0.3) is 0 Å². The van der Waals surface area contributed by atoms with Crippen LogP contribution >= 0.6 is 11.3 Å². The predicted molar refractivity (Wildman–Crippen MR) is 113 cm³/mol. The summed E-state index contributed by atoms with van der Waals surface area (Å²) in [5.74, 6) is -0.0679. The normalized spacial score (nSPS) is 18.5. The maximum Gasteiger partial charge on any atom is 0.387 e. The Morgan fingerprint density at radius 2 is 2.00 bits per heavy atom. The summed E-state index contributed by atoms with van der Waals surface area (Å²) in [4.78, 5) is 26.4. The highest BCUT2D eigenvalue weighted by molar-refractivity contribution is 7.15. The summed E-state index contributed by atoms with van der Waals surface area (Å²) in [7, 11) is 0. The summed E-state index contributed by atoms with van der Waals surface area (Å²) in [5.41, 5.74) is 0.761. The molecule has 0 bridgehead atoms. The number of carbonyl (C=O) groups excluding carboxylic acids is 2. The molecule has 1 aliphatic carbocycles. The number of rotatable bonds is 9. The molecule has 1 atom stereocenters. The van der Waals surface area contributed by atoms with Crippen LogP contribution in [-0.2, 0) is 9.59 Å². The van der Waals surface area contributed by atoms with Crippen LogP contribution in [0, 0.1) is 0 Å². The topological polar surface area (TPSA) is 93.7 Å². The fraction of sp³-hybridized carbons (Fsp3) is 0.524. The summed E-state index contributed by atoms with van der Waals surface area (Å²) in [6, 6.07) is 4.69. The lowest BCUT2D eigenvalue weighted by atomic mass is 9.98. The molecule has 172 valence electrons. The Labute approximate surface area is 187 Å². The number of carbonyl (C=O) groups is 2. The van der Waals surface area contributed by atoms with Crippen molar-refractivity contribution in [2.45, 2.75) is 57.7 Å². The number of amides is 2. The van der Waals surface area contributed by atoms with Gasteiger partial charge in [-0.2, -0.15) is 8.78 Å². The van der Waals surface area contributed by atoms with E-state index in [9.17, 15) is 18.4 Å². The number of nitrogens with one attached hydrogen (secondary N) is 1. The van der Waals surface area contributed by atoms with Gasteiger partial charge in [0.15, 0.2) is 11.5 Å². The standard InChI is InChI=1S/C21H24F2N4O4S/c1-11(2)30-16-7-13(5-6-15(16)31-20(22)23)14-8-18(29)27(9-14)10-17(28)24-21-26-25-19(32-21)12-3-4-12/h5-7,11-12,14,20H,3-4,8-10H2,1-2H3,(H,24,26,28). The fourth-order valence-corrected chi connectivity index (χ4v) is 4.51. The minimum absolute atomic E-state index is 0.0550. The van der Waals surface area contributed by atoms with Gasteiger partial charge in [0.25, 0.3) is 0 Å². The molecule has 2 heterocycles. The van der Waals surface area contributed by atoms with E-state index in [-0.39, 0.29) is 48.3 Å². The number of hydrogen-bond donors (Lipinski definition) is 1. The minimum Gasteiger partial charge on any atom is -0.487 e. The van der Waals surface area contributed by atoms with Crippen LogP contribution in [0.2, 0.25) is 0 Å². The van der Waals surface area contributed by atoms with Crippen LogP contribution in [0.5, 0.6) is 11.5 Å². The van der Waals surface area contributed by atoms with Crippen LogP contribution in [-0.4, -0.2) is 52.7 Å². The van der Waals surface area contributed by atoms with Crippen LogP contribution in [0.3, 0.4) is 0 Å². The maximum absolute atomic E-state index is 12.7. The largest absolute Gasteiger partial charge is 0.487 e. The Kier molecular flexibility index (Phi) is 6.54. The Morgan fingerprint density at radius 1 is 1.22 bits per heavy atom. The highest BCUT2D eigenvalue weighted by atomic mass is 32.1. The molecule has 1 unspecified atom stereocenters. The van der Waals surface area contributed by atoms with Gasteiger partial charge in [-0.1, -0.05) is 17.4 Å². The zero-order chi connectivity index (χ0) is 22.8. The van der Waals surface area contributed by atoms with Crippen molar-refractivity contribution >= 4 is 28.3 Å². The Morgan fingerprint density at radius 3 is 2.69 bits per heavy atom. The highest BCUT2D eigenvalue weighted by Gasteiger charge is 2.33. The first-order valence-corrected chi connectivity index (χ1v) is 11.3. The third-order valence-corrected chi connectivity index (χ3v) is 6.18. The summed E-state index contributed by atoms with van der Waals surface area (Å²) in [6.07, 6.45) is 2.18. The predicted octanol–water partition coefficient (Wildman–Crippen LogP) is 3.76. The van der Waals surface area contributed by atoms with Crippen molar-refractivity contribution in [3.05, 3.63) is 28.8 Å². The Bertz CT molecular complexity index is 996. The van der Waals surface area contributed by atoms with Gasteiger partial charge >= 0.3 is 6.61 Å². The molecule has 2 aromatic rings. The molecule has 0 spiro atoms. The van der Waals surface area contributed by atoms with Crippen molar-refractivity contribution in [1.82, 2.24) is 15.1 Å². The number of alkyl halides is 2. The number of aromatic nitrogens is 2. The van der Waals surface area contributed by atoms with E-state index in [2.05, 4.69) is 20.3 Å². The van der Waals surface area contributed by atoms with Gasteiger partial charge in [0.05, 0.1) is 12.6 Å². The highest BCUT2D eigenvalue weighted by Crippen LogP contribution is 2.42. The van der Waals surface area contributed by atoms with Gasteiger partial charge in [0.2, 0.25) is 16.9 Å². The van der Waals surface area contributed by atoms with E-state index in [4.69, 9.17) is 4.74 Å². The van der Waals surface area contributed by atoms with Crippen LogP contribution < -0.4 is 14.8 Å². The second-order valence-electron chi connectivity index (χ2n) is 8.19. The zero-order valence-corrected chi connectivity index (χ0v) is 18.5. The van der Waals surface area contributed by atoms with E-state index >= 15 is 0 Å². The molecule has 2 fully saturated rings. The van der Waals surface area contributed by atoms with Gasteiger partial charge in [0, 0.05) is 24.8 Å². The molecule has 2 amide bonds. The summed E-state index contributed by atoms with van der Waals surface area (Å²) >= 11 is 1.36. The van der Waals surface area contributed by atoms with Crippen LogP contribution in [0.15, 0.2) is 18.2 Å². The number of benzene rings is 1. The minimum atomic E-state index is -2.97. The first-order valence-electron chi connectivity index (χ1n) is 10.4. The quantitative estimate of drug-likeness (QED) is 0.605. The van der Waals surface area contributed by atoms with E-state index in [0.717, 1.165) is 23.4 Å². The third kappa shape index (κ3) is 5.50. The van der Waals surface area contributed by atoms with Crippen molar-refractivity contribution in [1.29, 1.82) is 0 Å². The molecule has 1 aliphatic heterocycles. The lowest BCUT2D eigenvalue weighted by Gasteiger charge is -2.18. The molecular formula is C21H24F2N4O4S. The molecule has 1 saturated heterocycles. The van der Waals surface area contributed by atoms with E-state index in [1.807, 2.05) is 0 Å². The van der Waals surface area contributed by atoms with Gasteiger partial charge in [-0.3, -0.25) is 14.9 Å². The van der Waals surface area contributed by atoms with Gasteiger partial charge in [-0.15, -0.1) is 10.2 Å². The monoisotopic (exact) mass is 466 g/mol. The third-order valence-electron chi connectivity index (χ3n) is 5.18. The molecule has 4 rings (SSSR count).